The van der Waals surface area contributed by atoms with Crippen molar-refractivity contribution in [2.45, 2.75) is 38.5 Å². The minimum atomic E-state index is -0.329. The van der Waals surface area contributed by atoms with E-state index >= 15 is 0 Å². The smallest absolute Gasteiger partial charge is 0.124 e. The molecule has 2 aliphatic rings. The molecule has 1 aliphatic carbocycles. The number of halogens is 1. The molecule has 1 aliphatic heterocycles. The maximum Gasteiger partial charge on any atom is 0.124 e. The zero-order valence-electron chi connectivity index (χ0n) is 11.2. The summed E-state index contributed by atoms with van der Waals surface area (Å²) in [5.41, 5.74) is 1.93. The Morgan fingerprint density at radius 1 is 1.11 bits per heavy atom. The Hall–Kier alpha value is -1.56. The fraction of sp³-hybridized carbons (Fsp3) is 0.562. The summed E-state index contributed by atoms with van der Waals surface area (Å²) in [7, 11) is 0. The highest BCUT2D eigenvalue weighted by atomic mass is 19.1. The molecule has 3 rings (SSSR count). The summed E-state index contributed by atoms with van der Waals surface area (Å²) < 4.78 is 13.2. The number of piperidine rings is 1. The lowest BCUT2D eigenvalue weighted by atomic mass is 9.77. The molecule has 0 atom stereocenters. The molecule has 1 saturated heterocycles. The molecule has 2 nitrogen and oxygen atoms in total. The average molecular weight is 258 g/mol. The van der Waals surface area contributed by atoms with Gasteiger partial charge in [-0.15, -0.1) is 0 Å². The van der Waals surface area contributed by atoms with Gasteiger partial charge < -0.3 is 4.90 Å². The quantitative estimate of drug-likeness (QED) is 0.765. The lowest BCUT2D eigenvalue weighted by molar-refractivity contribution is 0.226. The van der Waals surface area contributed by atoms with Crippen LogP contribution in [0.1, 0.15) is 44.1 Å². The highest BCUT2D eigenvalue weighted by Crippen LogP contribution is 2.46. The summed E-state index contributed by atoms with van der Waals surface area (Å²) >= 11 is 0. The van der Waals surface area contributed by atoms with E-state index in [1.54, 1.807) is 6.07 Å². The van der Waals surface area contributed by atoms with Crippen LogP contribution >= 0.6 is 0 Å². The van der Waals surface area contributed by atoms with Gasteiger partial charge in [0.15, 0.2) is 0 Å². The Kier molecular flexibility index (Phi) is 3.18. The van der Waals surface area contributed by atoms with Crippen molar-refractivity contribution in [1.82, 2.24) is 0 Å². The van der Waals surface area contributed by atoms with Crippen molar-refractivity contribution in [2.75, 3.05) is 18.0 Å². The molecule has 19 heavy (non-hydrogen) atoms. The van der Waals surface area contributed by atoms with Gasteiger partial charge in [-0.05, 0) is 49.3 Å². The van der Waals surface area contributed by atoms with Crippen molar-refractivity contribution >= 4 is 5.69 Å². The molecule has 0 unspecified atom stereocenters. The fourth-order valence-corrected chi connectivity index (χ4v) is 3.72. The molecule has 1 aromatic carbocycles. The molecular formula is C16H19FN2. The highest BCUT2D eigenvalue weighted by Gasteiger charge is 2.37. The van der Waals surface area contributed by atoms with Gasteiger partial charge in [-0.1, -0.05) is 12.8 Å². The minimum Gasteiger partial charge on any atom is -0.370 e. The fourth-order valence-electron chi connectivity index (χ4n) is 3.72. The third-order valence-corrected chi connectivity index (χ3v) is 4.91. The zero-order valence-corrected chi connectivity index (χ0v) is 11.2. The molecule has 0 radical (unpaired) electrons. The molecule has 1 saturated carbocycles. The Bertz CT molecular complexity index is 502. The third-order valence-electron chi connectivity index (χ3n) is 4.91. The van der Waals surface area contributed by atoms with Gasteiger partial charge in [-0.3, -0.25) is 0 Å². The average Bonchev–Trinajstić information content (AvgIpc) is 2.88. The summed E-state index contributed by atoms with van der Waals surface area (Å²) in [6.07, 6.45) is 7.93. The maximum absolute atomic E-state index is 13.2. The second kappa shape index (κ2) is 4.85. The number of hydrogen-bond donors (Lipinski definition) is 0. The Morgan fingerprint density at radius 3 is 2.42 bits per heavy atom. The van der Waals surface area contributed by atoms with Crippen molar-refractivity contribution in [3.8, 4) is 6.07 Å². The van der Waals surface area contributed by atoms with Crippen LogP contribution in [0.25, 0.3) is 0 Å². The molecule has 1 heterocycles. The van der Waals surface area contributed by atoms with Gasteiger partial charge in [0.2, 0.25) is 0 Å². The van der Waals surface area contributed by atoms with Crippen molar-refractivity contribution in [1.29, 1.82) is 5.26 Å². The van der Waals surface area contributed by atoms with Crippen LogP contribution in [0.2, 0.25) is 0 Å². The molecule has 2 fully saturated rings. The van der Waals surface area contributed by atoms with Gasteiger partial charge in [0, 0.05) is 13.1 Å². The molecule has 0 N–H and O–H groups in total. The molecule has 3 heteroatoms. The number of rotatable bonds is 1. The number of nitrogens with zero attached hydrogens (tertiary/aromatic N) is 2. The van der Waals surface area contributed by atoms with E-state index in [-0.39, 0.29) is 5.82 Å². The predicted molar refractivity (Wildman–Crippen MR) is 73.5 cm³/mol. The number of benzene rings is 1. The second-order valence-corrected chi connectivity index (χ2v) is 5.97. The molecule has 1 spiro atoms. The van der Waals surface area contributed by atoms with Crippen LogP contribution in [0.4, 0.5) is 10.1 Å². The van der Waals surface area contributed by atoms with E-state index in [9.17, 15) is 4.39 Å². The molecule has 0 amide bonds. The van der Waals surface area contributed by atoms with Crippen molar-refractivity contribution in [3.63, 3.8) is 0 Å². The van der Waals surface area contributed by atoms with Crippen molar-refractivity contribution in [3.05, 3.63) is 29.6 Å². The SMILES string of the molecule is N#Cc1cc(F)ccc1N1CCC2(CCCC2)CC1. The van der Waals surface area contributed by atoms with Crippen LogP contribution in [0.5, 0.6) is 0 Å². The first-order valence-corrected chi connectivity index (χ1v) is 7.17. The van der Waals surface area contributed by atoms with Gasteiger partial charge in [0.05, 0.1) is 11.3 Å². The van der Waals surface area contributed by atoms with Gasteiger partial charge in [-0.25, -0.2) is 4.39 Å². The van der Waals surface area contributed by atoms with E-state index in [1.165, 1.54) is 50.7 Å². The Morgan fingerprint density at radius 2 is 1.79 bits per heavy atom. The van der Waals surface area contributed by atoms with Gasteiger partial charge in [0.25, 0.3) is 0 Å². The first-order valence-electron chi connectivity index (χ1n) is 7.17. The topological polar surface area (TPSA) is 27.0 Å². The molecule has 100 valence electrons. The minimum absolute atomic E-state index is 0.329. The Balaban J connectivity index is 1.77. The zero-order chi connectivity index (χ0) is 13.3. The lowest BCUT2D eigenvalue weighted by Gasteiger charge is -2.40. The largest absolute Gasteiger partial charge is 0.370 e. The first-order chi connectivity index (χ1) is 9.22. The highest BCUT2D eigenvalue weighted by molar-refractivity contribution is 5.59. The van der Waals surface area contributed by atoms with Crippen LogP contribution in [-0.4, -0.2) is 13.1 Å². The van der Waals surface area contributed by atoms with E-state index in [0.29, 0.717) is 11.0 Å². The molecule has 0 aromatic heterocycles. The van der Waals surface area contributed by atoms with Crippen LogP contribution in [0.15, 0.2) is 18.2 Å². The summed E-state index contributed by atoms with van der Waals surface area (Å²) in [5, 5.41) is 9.14. The second-order valence-electron chi connectivity index (χ2n) is 5.97. The van der Waals surface area contributed by atoms with Gasteiger partial charge in [-0.2, -0.15) is 5.26 Å². The van der Waals surface area contributed by atoms with Gasteiger partial charge >= 0.3 is 0 Å². The maximum atomic E-state index is 13.2. The van der Waals surface area contributed by atoms with E-state index in [1.807, 2.05) is 0 Å². The van der Waals surface area contributed by atoms with Crippen LogP contribution in [0, 0.1) is 22.6 Å². The van der Waals surface area contributed by atoms with Crippen molar-refractivity contribution in [2.24, 2.45) is 5.41 Å². The monoisotopic (exact) mass is 258 g/mol. The molecule has 1 aromatic rings. The van der Waals surface area contributed by atoms with Crippen LogP contribution in [0.3, 0.4) is 0 Å². The first kappa shape index (κ1) is 12.5. The predicted octanol–water partition coefficient (Wildman–Crippen LogP) is 3.86. The number of anilines is 1. The van der Waals surface area contributed by atoms with E-state index in [4.69, 9.17) is 5.26 Å². The van der Waals surface area contributed by atoms with E-state index in [0.717, 1.165) is 18.8 Å². The lowest BCUT2D eigenvalue weighted by Crippen LogP contribution is -2.39. The number of hydrogen-bond acceptors (Lipinski definition) is 2. The van der Waals surface area contributed by atoms with E-state index in [2.05, 4.69) is 11.0 Å². The summed E-state index contributed by atoms with van der Waals surface area (Å²) in [6, 6.07) is 6.66. The summed E-state index contributed by atoms with van der Waals surface area (Å²) in [5.74, 6) is -0.329. The van der Waals surface area contributed by atoms with Crippen molar-refractivity contribution < 1.29 is 4.39 Å². The summed E-state index contributed by atoms with van der Waals surface area (Å²) in [6.45, 7) is 2.00. The van der Waals surface area contributed by atoms with Crippen LogP contribution in [-0.2, 0) is 0 Å². The summed E-state index contributed by atoms with van der Waals surface area (Å²) in [4.78, 5) is 2.25. The third kappa shape index (κ3) is 2.32. The molecular weight excluding hydrogens is 239 g/mol. The Labute approximate surface area is 113 Å². The van der Waals surface area contributed by atoms with Crippen LogP contribution < -0.4 is 4.90 Å². The molecule has 0 bridgehead atoms. The van der Waals surface area contributed by atoms with Gasteiger partial charge in [0.1, 0.15) is 11.9 Å². The standard InChI is InChI=1S/C16H19FN2/c17-14-3-4-15(13(11-14)12-18)19-9-7-16(8-10-19)5-1-2-6-16/h3-4,11H,1-2,5-10H2. The number of nitriles is 1. The normalized spacial score (nSPS) is 21.6. The van der Waals surface area contributed by atoms with E-state index < -0.39 is 0 Å².